The first-order valence-corrected chi connectivity index (χ1v) is 10.8. The van der Waals surface area contributed by atoms with Gasteiger partial charge in [-0.2, -0.15) is 0 Å². The molecule has 0 atom stereocenters. The minimum Gasteiger partial charge on any atom is -0.443 e. The Morgan fingerprint density at radius 1 is 0.857 bits per heavy atom. The molecule has 0 saturated heterocycles. The second kappa shape index (κ2) is 6.96. The molecule has 28 heavy (non-hydrogen) atoms. The summed E-state index contributed by atoms with van der Waals surface area (Å²) in [6.45, 7) is 0. The Labute approximate surface area is 175 Å². The lowest BCUT2D eigenvalue weighted by molar-refractivity contribution is -0.124. The van der Waals surface area contributed by atoms with Crippen LogP contribution in [-0.4, -0.2) is 11.7 Å². The van der Waals surface area contributed by atoms with Gasteiger partial charge in [0, 0.05) is 15.7 Å². The fourth-order valence-corrected chi connectivity index (χ4v) is 6.49. The summed E-state index contributed by atoms with van der Waals surface area (Å²) in [6, 6.07) is 13.1. The Hall–Kier alpha value is -1.71. The zero-order valence-electron chi connectivity index (χ0n) is 15.6. The highest BCUT2D eigenvalue weighted by atomic mass is 35.5. The number of hydrogen-bond acceptors (Lipinski definition) is 2. The first kappa shape index (κ1) is 18.3. The molecule has 4 bridgehead atoms. The Bertz CT molecular complexity index is 854. The topological polar surface area (TPSA) is 38.3 Å². The number of hydrogen-bond donors (Lipinski definition) is 1. The van der Waals surface area contributed by atoms with Gasteiger partial charge >= 0.3 is 6.09 Å². The molecule has 1 N–H and O–H groups in total. The van der Waals surface area contributed by atoms with Crippen molar-refractivity contribution in [3.8, 4) is 11.1 Å². The summed E-state index contributed by atoms with van der Waals surface area (Å²) in [5, 5.41) is 4.11. The zero-order chi connectivity index (χ0) is 19.3. The molecule has 0 aliphatic heterocycles. The molecule has 4 aliphatic rings. The van der Waals surface area contributed by atoms with Crippen molar-refractivity contribution >= 4 is 35.0 Å². The molecule has 5 heteroatoms. The average Bonchev–Trinajstić information content (AvgIpc) is 2.59. The maximum Gasteiger partial charge on any atom is 0.412 e. The molecule has 4 saturated carbocycles. The second-order valence-corrected chi connectivity index (χ2v) is 9.72. The van der Waals surface area contributed by atoms with E-state index in [1.165, 1.54) is 19.3 Å². The number of rotatable bonds is 3. The van der Waals surface area contributed by atoms with Crippen molar-refractivity contribution in [2.45, 2.75) is 44.1 Å². The van der Waals surface area contributed by atoms with Crippen molar-refractivity contribution in [1.29, 1.82) is 0 Å². The third-order valence-corrected chi connectivity index (χ3v) is 7.05. The monoisotopic (exact) mass is 415 g/mol. The van der Waals surface area contributed by atoms with E-state index in [4.69, 9.17) is 27.9 Å². The van der Waals surface area contributed by atoms with Crippen LogP contribution in [0.4, 0.5) is 10.5 Å². The van der Waals surface area contributed by atoms with Gasteiger partial charge in [-0.3, -0.25) is 5.32 Å². The third kappa shape index (κ3) is 3.62. The van der Waals surface area contributed by atoms with Crippen LogP contribution in [0.5, 0.6) is 0 Å². The summed E-state index contributed by atoms with van der Waals surface area (Å²) in [5.41, 5.74) is 2.44. The molecular weight excluding hydrogens is 393 g/mol. The third-order valence-electron chi connectivity index (χ3n) is 6.62. The summed E-state index contributed by atoms with van der Waals surface area (Å²) in [6.07, 6.45) is 6.79. The van der Waals surface area contributed by atoms with Gasteiger partial charge in [0.2, 0.25) is 0 Å². The largest absolute Gasteiger partial charge is 0.443 e. The standard InChI is InChI=1S/C23H23Cl2NO2/c24-19-8-18(9-20(25)10-19)17-1-3-21(4-2-17)26-22(27)28-23-11-14-5-15(12-23)7-16(6-14)13-23/h1-4,8-10,14-16H,5-7,11-13H2,(H,26,27). The molecule has 4 aliphatic carbocycles. The van der Waals surface area contributed by atoms with E-state index in [9.17, 15) is 4.79 Å². The molecule has 2 aromatic carbocycles. The van der Waals surface area contributed by atoms with E-state index in [1.807, 2.05) is 36.4 Å². The maximum absolute atomic E-state index is 12.6. The zero-order valence-corrected chi connectivity index (χ0v) is 17.1. The molecule has 6 rings (SSSR count). The van der Waals surface area contributed by atoms with Crippen LogP contribution in [0.2, 0.25) is 10.0 Å². The molecule has 2 aromatic rings. The molecule has 0 radical (unpaired) electrons. The Balaban J connectivity index is 1.26. The van der Waals surface area contributed by atoms with Crippen molar-refractivity contribution in [3.63, 3.8) is 0 Å². The molecule has 0 spiro atoms. The van der Waals surface area contributed by atoms with Crippen molar-refractivity contribution in [2.24, 2.45) is 17.8 Å². The van der Waals surface area contributed by atoms with Crippen molar-refractivity contribution < 1.29 is 9.53 Å². The molecule has 0 aromatic heterocycles. The summed E-state index contributed by atoms with van der Waals surface area (Å²) in [4.78, 5) is 12.6. The van der Waals surface area contributed by atoms with Gasteiger partial charge in [0.05, 0.1) is 0 Å². The molecule has 146 valence electrons. The smallest absolute Gasteiger partial charge is 0.412 e. The van der Waals surface area contributed by atoms with E-state index in [-0.39, 0.29) is 11.7 Å². The maximum atomic E-state index is 12.6. The van der Waals surface area contributed by atoms with Gasteiger partial charge in [-0.25, -0.2) is 4.79 Å². The molecule has 3 nitrogen and oxygen atoms in total. The highest BCUT2D eigenvalue weighted by Gasteiger charge is 2.53. The van der Waals surface area contributed by atoms with Crippen molar-refractivity contribution in [3.05, 3.63) is 52.5 Å². The minimum absolute atomic E-state index is 0.226. The summed E-state index contributed by atoms with van der Waals surface area (Å²) < 4.78 is 6.02. The van der Waals surface area contributed by atoms with Gasteiger partial charge in [-0.15, -0.1) is 0 Å². The lowest BCUT2D eigenvalue weighted by atomic mass is 9.54. The molecule has 4 fully saturated rings. The molecule has 0 heterocycles. The van der Waals surface area contributed by atoms with E-state index in [2.05, 4.69) is 5.32 Å². The van der Waals surface area contributed by atoms with Crippen LogP contribution >= 0.6 is 23.2 Å². The minimum atomic E-state index is -0.333. The van der Waals surface area contributed by atoms with Crippen LogP contribution in [-0.2, 0) is 4.74 Å². The van der Waals surface area contributed by atoms with E-state index in [0.29, 0.717) is 10.0 Å². The first-order chi connectivity index (χ1) is 13.5. The SMILES string of the molecule is O=C(Nc1ccc(-c2cc(Cl)cc(Cl)c2)cc1)OC12CC3CC(CC(C3)C1)C2. The van der Waals surface area contributed by atoms with Crippen LogP contribution in [0.15, 0.2) is 42.5 Å². The van der Waals surface area contributed by atoms with Crippen LogP contribution in [0.25, 0.3) is 11.1 Å². The van der Waals surface area contributed by atoms with Crippen molar-refractivity contribution in [2.75, 3.05) is 5.32 Å². The number of ether oxygens (including phenoxy) is 1. The molecular formula is C23H23Cl2NO2. The van der Waals surface area contributed by atoms with E-state index < -0.39 is 0 Å². The lowest BCUT2D eigenvalue weighted by Gasteiger charge is -2.55. The number of carbonyl (C=O) groups excluding carboxylic acids is 1. The Kier molecular flexibility index (Phi) is 4.56. The van der Waals surface area contributed by atoms with Crippen LogP contribution in [0.1, 0.15) is 38.5 Å². The number of benzene rings is 2. The summed E-state index contributed by atoms with van der Waals surface area (Å²) in [5.74, 6) is 2.26. The van der Waals surface area contributed by atoms with Crippen LogP contribution in [0, 0.1) is 17.8 Å². The van der Waals surface area contributed by atoms with Crippen molar-refractivity contribution in [1.82, 2.24) is 0 Å². The van der Waals surface area contributed by atoms with E-state index in [0.717, 1.165) is 53.8 Å². The Morgan fingerprint density at radius 3 is 1.93 bits per heavy atom. The number of halogens is 2. The highest BCUT2D eigenvalue weighted by Crippen LogP contribution is 2.57. The molecule has 1 amide bonds. The van der Waals surface area contributed by atoms with Crippen LogP contribution in [0.3, 0.4) is 0 Å². The van der Waals surface area contributed by atoms with E-state index >= 15 is 0 Å². The predicted octanol–water partition coefficient (Wildman–Crippen LogP) is 7.18. The first-order valence-electron chi connectivity index (χ1n) is 10.0. The fraction of sp³-hybridized carbons (Fsp3) is 0.435. The second-order valence-electron chi connectivity index (χ2n) is 8.85. The fourth-order valence-electron chi connectivity index (χ4n) is 5.96. The van der Waals surface area contributed by atoms with Gasteiger partial charge in [0.1, 0.15) is 5.60 Å². The van der Waals surface area contributed by atoms with E-state index in [1.54, 1.807) is 6.07 Å². The van der Waals surface area contributed by atoms with Gasteiger partial charge in [0.25, 0.3) is 0 Å². The number of anilines is 1. The summed E-state index contributed by atoms with van der Waals surface area (Å²) in [7, 11) is 0. The summed E-state index contributed by atoms with van der Waals surface area (Å²) >= 11 is 12.2. The van der Waals surface area contributed by atoms with Gasteiger partial charge in [-0.1, -0.05) is 35.3 Å². The normalized spacial score (nSPS) is 30.3. The molecule has 0 unspecified atom stereocenters. The predicted molar refractivity (Wildman–Crippen MR) is 113 cm³/mol. The highest BCUT2D eigenvalue weighted by molar-refractivity contribution is 6.35. The lowest BCUT2D eigenvalue weighted by Crippen LogP contribution is -2.53. The number of amides is 1. The Morgan fingerprint density at radius 2 is 1.39 bits per heavy atom. The van der Waals surface area contributed by atoms with Crippen LogP contribution < -0.4 is 5.32 Å². The number of nitrogens with one attached hydrogen (secondary N) is 1. The quantitative estimate of drug-likeness (QED) is 0.576. The average molecular weight is 416 g/mol. The van der Waals surface area contributed by atoms with Gasteiger partial charge < -0.3 is 4.74 Å². The van der Waals surface area contributed by atoms with Gasteiger partial charge in [0.15, 0.2) is 0 Å². The van der Waals surface area contributed by atoms with Gasteiger partial charge in [-0.05, 0) is 97.7 Å². The number of carbonyl (C=O) groups is 1.